The fourth-order valence-electron chi connectivity index (χ4n) is 4.06. The van der Waals surface area contributed by atoms with Crippen molar-refractivity contribution in [3.05, 3.63) is 71.9 Å². The predicted molar refractivity (Wildman–Crippen MR) is 140 cm³/mol. The number of carbonyl (C=O) groups is 1. The van der Waals surface area contributed by atoms with Crippen molar-refractivity contribution in [2.75, 3.05) is 18.4 Å². The molecule has 1 aliphatic rings. The number of hydrogen-bond acceptors (Lipinski definition) is 5. The summed E-state index contributed by atoms with van der Waals surface area (Å²) in [7, 11) is 0. The number of pyridine rings is 1. The van der Waals surface area contributed by atoms with E-state index in [1.807, 2.05) is 33.0 Å². The van der Waals surface area contributed by atoms with Crippen LogP contribution in [-0.4, -0.2) is 39.7 Å². The minimum Gasteiger partial charge on any atom is -0.444 e. The number of H-pyrrole nitrogens is 1. The Bertz CT molecular complexity index is 1350. The van der Waals surface area contributed by atoms with Gasteiger partial charge in [0.2, 0.25) is 0 Å². The topological polar surface area (TPSA) is 70.2 Å². The molecule has 4 aromatic rings. The second-order valence-electron chi connectivity index (χ2n) is 9.39. The van der Waals surface area contributed by atoms with Gasteiger partial charge >= 0.3 is 6.09 Å². The van der Waals surface area contributed by atoms with Crippen LogP contribution in [0.1, 0.15) is 32.9 Å². The fraction of sp³-hybridized carbons (Fsp3) is 0.259. The van der Waals surface area contributed by atoms with Gasteiger partial charge in [-0.25, -0.2) is 9.78 Å². The van der Waals surface area contributed by atoms with Crippen LogP contribution >= 0.6 is 11.3 Å². The van der Waals surface area contributed by atoms with E-state index >= 15 is 0 Å². The minimum absolute atomic E-state index is 0.266. The molecule has 0 spiro atoms. The Labute approximate surface area is 203 Å². The molecule has 0 radical (unpaired) electrons. The van der Waals surface area contributed by atoms with Crippen molar-refractivity contribution < 1.29 is 9.53 Å². The molecule has 3 aromatic heterocycles. The molecule has 0 saturated heterocycles. The molecule has 6 nitrogen and oxygen atoms in total. The fourth-order valence-corrected chi connectivity index (χ4v) is 4.79. The molecule has 34 heavy (non-hydrogen) atoms. The van der Waals surface area contributed by atoms with Gasteiger partial charge in [0, 0.05) is 40.9 Å². The van der Waals surface area contributed by atoms with Crippen molar-refractivity contribution in [2.24, 2.45) is 0 Å². The number of nitrogens with zero attached hydrogens (tertiary/aromatic N) is 2. The van der Waals surface area contributed by atoms with E-state index in [1.165, 1.54) is 16.0 Å². The zero-order chi connectivity index (χ0) is 23.7. The standard InChI is InChI=1S/C27H28N4O2S/c1-27(2,3)33-26(32)31-13-10-18(11-14-31)23-17-21-22(9-12-28-25(21)30-23)29-20-7-4-6-19(16-20)24-8-5-15-34-24/h4-10,12,15-17H,11,13-14H2,1-3H3,(H2,28,29,30). The average Bonchev–Trinajstić information content (AvgIpc) is 3.49. The molecule has 0 fully saturated rings. The van der Waals surface area contributed by atoms with Gasteiger partial charge < -0.3 is 19.9 Å². The Kier molecular flexibility index (Phi) is 5.87. The van der Waals surface area contributed by atoms with Crippen molar-refractivity contribution >= 4 is 45.4 Å². The van der Waals surface area contributed by atoms with Gasteiger partial charge in [0.25, 0.3) is 0 Å². The van der Waals surface area contributed by atoms with Gasteiger partial charge in [0.05, 0.1) is 5.69 Å². The first-order chi connectivity index (χ1) is 16.4. The van der Waals surface area contributed by atoms with Gasteiger partial charge in [-0.15, -0.1) is 11.3 Å². The van der Waals surface area contributed by atoms with Crippen molar-refractivity contribution in [1.29, 1.82) is 0 Å². The smallest absolute Gasteiger partial charge is 0.410 e. The second-order valence-corrected chi connectivity index (χ2v) is 10.3. The predicted octanol–water partition coefficient (Wildman–Crippen LogP) is 7.06. The lowest BCUT2D eigenvalue weighted by Crippen LogP contribution is -2.39. The Morgan fingerprint density at radius 2 is 2.06 bits per heavy atom. The number of amides is 1. The van der Waals surface area contributed by atoms with Gasteiger partial charge in [-0.2, -0.15) is 0 Å². The average molecular weight is 473 g/mol. The number of carbonyl (C=O) groups excluding carboxylic acids is 1. The number of anilines is 2. The van der Waals surface area contributed by atoms with Gasteiger partial charge in [-0.05, 0) is 74.0 Å². The van der Waals surface area contributed by atoms with Crippen LogP contribution in [0.5, 0.6) is 0 Å². The Morgan fingerprint density at radius 1 is 1.18 bits per heavy atom. The number of ether oxygens (including phenoxy) is 1. The van der Waals surface area contributed by atoms with Crippen molar-refractivity contribution in [2.45, 2.75) is 32.8 Å². The summed E-state index contributed by atoms with van der Waals surface area (Å²) in [5.41, 5.74) is 5.80. The molecule has 1 amide bonds. The number of fused-ring (bicyclic) bond motifs is 1. The summed E-state index contributed by atoms with van der Waals surface area (Å²) in [5, 5.41) is 6.69. The maximum Gasteiger partial charge on any atom is 0.410 e. The molecule has 5 rings (SSSR count). The maximum atomic E-state index is 12.4. The van der Waals surface area contributed by atoms with E-state index in [-0.39, 0.29) is 6.09 Å². The molecule has 0 bridgehead atoms. The highest BCUT2D eigenvalue weighted by molar-refractivity contribution is 7.13. The molecule has 4 heterocycles. The summed E-state index contributed by atoms with van der Waals surface area (Å²) in [6, 6.07) is 16.8. The highest BCUT2D eigenvalue weighted by Gasteiger charge is 2.24. The van der Waals surface area contributed by atoms with E-state index < -0.39 is 5.60 Å². The zero-order valence-electron chi connectivity index (χ0n) is 19.6. The SMILES string of the molecule is CC(C)(C)OC(=O)N1CC=C(c2cc3c(Nc4cccc(-c5cccs5)c4)ccnc3[nH]2)CC1. The molecule has 1 aromatic carbocycles. The molecule has 0 unspecified atom stereocenters. The largest absolute Gasteiger partial charge is 0.444 e. The number of aromatic nitrogens is 2. The van der Waals surface area contributed by atoms with E-state index in [2.05, 4.69) is 69.2 Å². The van der Waals surface area contributed by atoms with E-state index in [4.69, 9.17) is 4.74 Å². The number of thiophene rings is 1. The minimum atomic E-state index is -0.489. The number of aromatic amines is 1. The van der Waals surface area contributed by atoms with E-state index in [0.717, 1.165) is 34.5 Å². The van der Waals surface area contributed by atoms with Crippen LogP contribution in [0.2, 0.25) is 0 Å². The number of benzene rings is 1. The summed E-state index contributed by atoms with van der Waals surface area (Å²) < 4.78 is 5.50. The normalized spacial score (nSPS) is 14.2. The molecule has 0 atom stereocenters. The van der Waals surface area contributed by atoms with Gasteiger partial charge in [-0.1, -0.05) is 24.3 Å². The lowest BCUT2D eigenvalue weighted by Gasteiger charge is -2.29. The van der Waals surface area contributed by atoms with Crippen LogP contribution in [0, 0.1) is 0 Å². The van der Waals surface area contributed by atoms with Gasteiger partial charge in [0.15, 0.2) is 0 Å². The summed E-state index contributed by atoms with van der Waals surface area (Å²) in [5.74, 6) is 0. The first-order valence-electron chi connectivity index (χ1n) is 11.4. The van der Waals surface area contributed by atoms with Crippen molar-refractivity contribution in [3.8, 4) is 10.4 Å². The Hall–Kier alpha value is -3.58. The molecule has 2 N–H and O–H groups in total. The number of hydrogen-bond donors (Lipinski definition) is 2. The third kappa shape index (κ3) is 4.84. The summed E-state index contributed by atoms with van der Waals surface area (Å²) >= 11 is 1.74. The molecule has 0 aliphatic carbocycles. The molecular formula is C27H28N4O2S. The number of nitrogens with one attached hydrogen (secondary N) is 2. The highest BCUT2D eigenvalue weighted by Crippen LogP contribution is 2.32. The Balaban J connectivity index is 1.36. The Morgan fingerprint density at radius 3 is 2.79 bits per heavy atom. The quantitative estimate of drug-likeness (QED) is 0.334. The lowest BCUT2D eigenvalue weighted by atomic mass is 10.0. The monoisotopic (exact) mass is 472 g/mol. The van der Waals surface area contributed by atoms with Crippen LogP contribution in [0.3, 0.4) is 0 Å². The number of rotatable bonds is 4. The summed E-state index contributed by atoms with van der Waals surface area (Å²) in [6.45, 7) is 6.82. The third-order valence-corrected chi connectivity index (χ3v) is 6.60. The first-order valence-corrected chi connectivity index (χ1v) is 12.3. The molecule has 1 aliphatic heterocycles. The van der Waals surface area contributed by atoms with Gasteiger partial charge in [0.1, 0.15) is 11.2 Å². The maximum absolute atomic E-state index is 12.4. The molecule has 0 saturated carbocycles. The molecule has 174 valence electrons. The van der Waals surface area contributed by atoms with Crippen LogP contribution in [0.15, 0.2) is 66.2 Å². The van der Waals surface area contributed by atoms with E-state index in [1.54, 1.807) is 16.2 Å². The van der Waals surface area contributed by atoms with Crippen LogP contribution in [0.25, 0.3) is 27.0 Å². The lowest BCUT2D eigenvalue weighted by molar-refractivity contribution is 0.0270. The molecule has 7 heteroatoms. The third-order valence-electron chi connectivity index (χ3n) is 5.69. The van der Waals surface area contributed by atoms with E-state index in [0.29, 0.717) is 13.1 Å². The van der Waals surface area contributed by atoms with Crippen LogP contribution < -0.4 is 5.32 Å². The van der Waals surface area contributed by atoms with E-state index in [9.17, 15) is 4.79 Å². The zero-order valence-corrected chi connectivity index (χ0v) is 20.4. The summed E-state index contributed by atoms with van der Waals surface area (Å²) in [6.07, 6.45) is 4.40. The van der Waals surface area contributed by atoms with Crippen molar-refractivity contribution in [3.63, 3.8) is 0 Å². The van der Waals surface area contributed by atoms with Crippen LogP contribution in [0.4, 0.5) is 16.2 Å². The molecular weight excluding hydrogens is 444 g/mol. The second kappa shape index (κ2) is 8.99. The van der Waals surface area contributed by atoms with Crippen LogP contribution in [-0.2, 0) is 4.74 Å². The summed E-state index contributed by atoms with van der Waals surface area (Å²) in [4.78, 5) is 23.3. The van der Waals surface area contributed by atoms with Crippen molar-refractivity contribution in [1.82, 2.24) is 14.9 Å². The highest BCUT2D eigenvalue weighted by atomic mass is 32.1. The van der Waals surface area contributed by atoms with Gasteiger partial charge in [-0.3, -0.25) is 0 Å². The first kappa shape index (κ1) is 22.2.